The van der Waals surface area contributed by atoms with E-state index in [4.69, 9.17) is 15.2 Å². The van der Waals surface area contributed by atoms with E-state index in [1.165, 1.54) is 12.1 Å². The molecule has 0 aromatic heterocycles. The van der Waals surface area contributed by atoms with Crippen molar-refractivity contribution in [3.8, 4) is 11.5 Å². The summed E-state index contributed by atoms with van der Waals surface area (Å²) in [6.07, 6.45) is -0.396. The van der Waals surface area contributed by atoms with Crippen molar-refractivity contribution in [3.63, 3.8) is 0 Å². The van der Waals surface area contributed by atoms with Gasteiger partial charge in [0.15, 0.2) is 11.5 Å². The second-order valence-corrected chi connectivity index (χ2v) is 3.57. The molecular formula is C11H13F2NO2. The molecule has 3 nitrogen and oxygen atoms in total. The van der Waals surface area contributed by atoms with Gasteiger partial charge in [-0.25, -0.2) is 8.78 Å². The smallest absolute Gasteiger partial charge is 0.278 e. The number of ether oxygens (including phenoxy) is 2. The van der Waals surface area contributed by atoms with E-state index < -0.39 is 12.3 Å². The molecule has 1 aromatic carbocycles. The van der Waals surface area contributed by atoms with Gasteiger partial charge in [0.1, 0.15) is 13.2 Å². The predicted octanol–water partition coefficient (Wildman–Crippen LogP) is 1.90. The monoisotopic (exact) mass is 229 g/mol. The maximum atomic E-state index is 13.7. The van der Waals surface area contributed by atoms with Gasteiger partial charge in [-0.3, -0.25) is 0 Å². The predicted molar refractivity (Wildman–Crippen MR) is 55.0 cm³/mol. The molecule has 0 bridgehead atoms. The minimum absolute atomic E-state index is 0.0719. The highest BCUT2D eigenvalue weighted by Gasteiger charge is 2.35. The highest BCUT2D eigenvalue weighted by atomic mass is 19.3. The van der Waals surface area contributed by atoms with Gasteiger partial charge in [0.05, 0.1) is 5.56 Å². The lowest BCUT2D eigenvalue weighted by Crippen LogP contribution is -2.23. The van der Waals surface area contributed by atoms with Crippen LogP contribution in [-0.4, -0.2) is 19.8 Å². The quantitative estimate of drug-likeness (QED) is 0.860. The fourth-order valence-electron chi connectivity index (χ4n) is 1.68. The van der Waals surface area contributed by atoms with Crippen LogP contribution in [0.5, 0.6) is 11.5 Å². The summed E-state index contributed by atoms with van der Waals surface area (Å²) in [5.74, 6) is -2.45. The SMILES string of the molecule is NCCC(F)(F)c1cccc2c1OCCO2. The number of para-hydroxylation sites is 1. The minimum Gasteiger partial charge on any atom is -0.486 e. The van der Waals surface area contributed by atoms with Gasteiger partial charge in [0, 0.05) is 6.42 Å². The Labute approximate surface area is 92.1 Å². The molecule has 2 N–H and O–H groups in total. The molecule has 88 valence electrons. The van der Waals surface area contributed by atoms with Gasteiger partial charge < -0.3 is 15.2 Å². The zero-order valence-electron chi connectivity index (χ0n) is 8.71. The Morgan fingerprint density at radius 3 is 2.75 bits per heavy atom. The number of fused-ring (bicyclic) bond motifs is 1. The number of rotatable bonds is 3. The van der Waals surface area contributed by atoms with E-state index in [-0.39, 0.29) is 17.9 Å². The minimum atomic E-state index is -2.97. The molecule has 1 aliphatic rings. The molecule has 1 aromatic rings. The summed E-state index contributed by atoms with van der Waals surface area (Å²) in [6, 6.07) is 4.51. The van der Waals surface area contributed by atoms with Crippen LogP contribution in [-0.2, 0) is 5.92 Å². The van der Waals surface area contributed by atoms with E-state index >= 15 is 0 Å². The second-order valence-electron chi connectivity index (χ2n) is 3.57. The van der Waals surface area contributed by atoms with E-state index in [2.05, 4.69) is 0 Å². The number of halogens is 2. The maximum Gasteiger partial charge on any atom is 0.278 e. The zero-order chi connectivity index (χ0) is 11.6. The molecule has 0 spiro atoms. The Kier molecular flexibility index (Phi) is 2.96. The molecule has 0 atom stereocenters. The van der Waals surface area contributed by atoms with Crippen LogP contribution in [0.15, 0.2) is 18.2 Å². The van der Waals surface area contributed by atoms with E-state index in [0.29, 0.717) is 19.0 Å². The molecule has 0 amide bonds. The largest absolute Gasteiger partial charge is 0.486 e. The number of hydrogen-bond donors (Lipinski definition) is 1. The molecule has 2 rings (SSSR count). The topological polar surface area (TPSA) is 44.5 Å². The number of hydrogen-bond acceptors (Lipinski definition) is 3. The summed E-state index contributed by atoms with van der Waals surface area (Å²) >= 11 is 0. The zero-order valence-corrected chi connectivity index (χ0v) is 8.71. The van der Waals surface area contributed by atoms with E-state index in [0.717, 1.165) is 0 Å². The first kappa shape index (κ1) is 11.1. The van der Waals surface area contributed by atoms with E-state index in [1.54, 1.807) is 6.07 Å². The average Bonchev–Trinajstić information content (AvgIpc) is 2.28. The van der Waals surface area contributed by atoms with Crippen LogP contribution in [0.2, 0.25) is 0 Å². The first-order valence-electron chi connectivity index (χ1n) is 5.12. The van der Waals surface area contributed by atoms with Crippen LogP contribution < -0.4 is 15.2 Å². The van der Waals surface area contributed by atoms with Crippen molar-refractivity contribution >= 4 is 0 Å². The fraction of sp³-hybridized carbons (Fsp3) is 0.455. The van der Waals surface area contributed by atoms with Gasteiger partial charge in [-0.2, -0.15) is 0 Å². The van der Waals surface area contributed by atoms with Gasteiger partial charge >= 0.3 is 0 Å². The fourth-order valence-corrected chi connectivity index (χ4v) is 1.68. The Bertz CT molecular complexity index is 382. The summed E-state index contributed by atoms with van der Waals surface area (Å²) in [5, 5.41) is 0. The third kappa shape index (κ3) is 1.95. The first-order valence-corrected chi connectivity index (χ1v) is 5.12. The van der Waals surface area contributed by atoms with E-state index in [9.17, 15) is 8.78 Å². The second kappa shape index (κ2) is 4.25. The van der Waals surface area contributed by atoms with Crippen molar-refractivity contribution in [1.82, 2.24) is 0 Å². The molecule has 0 unspecified atom stereocenters. The van der Waals surface area contributed by atoms with Crippen molar-refractivity contribution in [3.05, 3.63) is 23.8 Å². The molecule has 0 radical (unpaired) electrons. The van der Waals surface area contributed by atoms with Gasteiger partial charge in [-0.05, 0) is 18.7 Å². The molecule has 0 saturated carbocycles. The summed E-state index contributed by atoms with van der Waals surface area (Å²) in [5.41, 5.74) is 5.03. The molecule has 0 saturated heterocycles. The Balaban J connectivity index is 2.40. The third-order valence-electron chi connectivity index (χ3n) is 2.42. The van der Waals surface area contributed by atoms with Crippen LogP contribution in [0, 0.1) is 0 Å². The molecule has 5 heteroatoms. The van der Waals surface area contributed by atoms with Crippen molar-refractivity contribution in [2.75, 3.05) is 19.8 Å². The van der Waals surface area contributed by atoms with Gasteiger partial charge in [0.2, 0.25) is 0 Å². The van der Waals surface area contributed by atoms with Crippen LogP contribution >= 0.6 is 0 Å². The number of alkyl halides is 2. The highest BCUT2D eigenvalue weighted by Crippen LogP contribution is 2.43. The van der Waals surface area contributed by atoms with Crippen LogP contribution in [0.3, 0.4) is 0 Å². The standard InChI is InChI=1S/C11H13F2NO2/c12-11(13,4-5-14)8-2-1-3-9-10(8)16-7-6-15-9/h1-3H,4-7,14H2. The lowest BCUT2D eigenvalue weighted by molar-refractivity contribution is -0.0148. The van der Waals surface area contributed by atoms with Gasteiger partial charge in [-0.1, -0.05) is 6.07 Å². The number of nitrogens with two attached hydrogens (primary N) is 1. The average molecular weight is 229 g/mol. The van der Waals surface area contributed by atoms with Crippen LogP contribution in [0.25, 0.3) is 0 Å². The summed E-state index contributed by atoms with van der Waals surface area (Å²) in [4.78, 5) is 0. The summed E-state index contributed by atoms with van der Waals surface area (Å²) in [7, 11) is 0. The lowest BCUT2D eigenvalue weighted by Gasteiger charge is -2.24. The first-order chi connectivity index (χ1) is 7.65. The van der Waals surface area contributed by atoms with Crippen molar-refractivity contribution < 1.29 is 18.3 Å². The summed E-state index contributed by atoms with van der Waals surface area (Å²) in [6.45, 7) is 0.610. The van der Waals surface area contributed by atoms with Crippen molar-refractivity contribution in [2.45, 2.75) is 12.3 Å². The molecular weight excluding hydrogens is 216 g/mol. The molecule has 16 heavy (non-hydrogen) atoms. The van der Waals surface area contributed by atoms with Crippen LogP contribution in [0.4, 0.5) is 8.78 Å². The van der Waals surface area contributed by atoms with Crippen molar-refractivity contribution in [2.24, 2.45) is 5.73 Å². The Morgan fingerprint density at radius 1 is 1.25 bits per heavy atom. The Hall–Kier alpha value is -1.36. The van der Waals surface area contributed by atoms with Crippen LogP contribution in [0.1, 0.15) is 12.0 Å². The summed E-state index contributed by atoms with van der Waals surface area (Å²) < 4.78 is 37.9. The normalized spacial score (nSPS) is 14.9. The molecule has 1 heterocycles. The van der Waals surface area contributed by atoms with Crippen molar-refractivity contribution in [1.29, 1.82) is 0 Å². The molecule has 0 aliphatic carbocycles. The van der Waals surface area contributed by atoms with Gasteiger partial charge in [-0.15, -0.1) is 0 Å². The Morgan fingerprint density at radius 2 is 2.00 bits per heavy atom. The molecule has 1 aliphatic heterocycles. The number of benzene rings is 1. The lowest BCUT2D eigenvalue weighted by atomic mass is 10.0. The molecule has 0 fully saturated rings. The highest BCUT2D eigenvalue weighted by molar-refractivity contribution is 5.49. The van der Waals surface area contributed by atoms with E-state index in [1.807, 2.05) is 0 Å². The van der Waals surface area contributed by atoms with Gasteiger partial charge in [0.25, 0.3) is 5.92 Å². The maximum absolute atomic E-state index is 13.7. The third-order valence-corrected chi connectivity index (χ3v) is 2.42.